The fourth-order valence-corrected chi connectivity index (χ4v) is 3.63. The maximum Gasteiger partial charge on any atom is 0.275 e. The van der Waals surface area contributed by atoms with Crippen LogP contribution in [0.1, 0.15) is 23.3 Å². The number of carbonyl (C=O) groups excluding carboxylic acids is 1. The molecule has 1 saturated heterocycles. The van der Waals surface area contributed by atoms with Crippen LogP contribution in [0.15, 0.2) is 48.5 Å². The summed E-state index contributed by atoms with van der Waals surface area (Å²) >= 11 is 5.97. The molecule has 7 heteroatoms. The highest BCUT2D eigenvalue weighted by Gasteiger charge is 2.37. The quantitative estimate of drug-likeness (QED) is 0.722. The van der Waals surface area contributed by atoms with Crippen molar-refractivity contribution in [3.8, 4) is 5.75 Å². The molecule has 1 amide bonds. The van der Waals surface area contributed by atoms with Crippen molar-refractivity contribution >= 4 is 28.4 Å². The molecular formula is C20H20ClN3O3. The number of likely N-dealkylation sites (tertiary alicyclic amines) is 1. The lowest BCUT2D eigenvalue weighted by Crippen LogP contribution is -2.53. The highest BCUT2D eigenvalue weighted by atomic mass is 35.5. The Morgan fingerprint density at radius 1 is 1.30 bits per heavy atom. The number of halogens is 1. The number of aromatic amines is 1. The number of β-amino-alcohol motifs (C(OH)–C–C–N with tert-alkyl or cyclic N) is 1. The fourth-order valence-electron chi connectivity index (χ4n) is 3.45. The third kappa shape index (κ3) is 3.77. The third-order valence-electron chi connectivity index (χ3n) is 4.82. The molecule has 27 heavy (non-hydrogen) atoms. The molecule has 1 aliphatic heterocycles. The number of hydrogen-bond donors (Lipinski definition) is 2. The first-order chi connectivity index (χ1) is 13.0. The van der Waals surface area contributed by atoms with E-state index in [1.54, 1.807) is 29.2 Å². The average molecular weight is 386 g/mol. The van der Waals surface area contributed by atoms with Crippen molar-refractivity contribution in [1.29, 1.82) is 0 Å². The molecular weight excluding hydrogens is 366 g/mol. The number of nitrogens with one attached hydrogen (secondary N) is 1. The highest BCUT2D eigenvalue weighted by Crippen LogP contribution is 2.26. The van der Waals surface area contributed by atoms with E-state index in [9.17, 15) is 9.90 Å². The topological polar surface area (TPSA) is 78.5 Å². The summed E-state index contributed by atoms with van der Waals surface area (Å²) in [6.45, 7) is 0.880. The molecule has 6 nitrogen and oxygen atoms in total. The summed E-state index contributed by atoms with van der Waals surface area (Å²) in [4.78, 5) is 14.6. The highest BCUT2D eigenvalue weighted by molar-refractivity contribution is 6.30. The van der Waals surface area contributed by atoms with Crippen LogP contribution in [0.25, 0.3) is 10.9 Å². The Balaban J connectivity index is 1.47. The number of ether oxygens (including phenoxy) is 1. The van der Waals surface area contributed by atoms with E-state index in [2.05, 4.69) is 10.2 Å². The molecule has 2 aromatic carbocycles. The van der Waals surface area contributed by atoms with Crippen LogP contribution in [0.4, 0.5) is 0 Å². The van der Waals surface area contributed by atoms with Gasteiger partial charge in [0.1, 0.15) is 18.0 Å². The van der Waals surface area contributed by atoms with Crippen LogP contribution < -0.4 is 4.74 Å². The van der Waals surface area contributed by atoms with Gasteiger partial charge in [-0.2, -0.15) is 5.10 Å². The van der Waals surface area contributed by atoms with Gasteiger partial charge in [-0.1, -0.05) is 35.9 Å². The normalized spacial score (nSPS) is 20.0. The van der Waals surface area contributed by atoms with Gasteiger partial charge in [-0.05, 0) is 37.1 Å². The number of carbonyl (C=O) groups is 1. The minimum Gasteiger partial charge on any atom is -0.490 e. The molecule has 1 atom stereocenters. The third-order valence-corrected chi connectivity index (χ3v) is 5.05. The van der Waals surface area contributed by atoms with Crippen molar-refractivity contribution in [2.45, 2.75) is 18.4 Å². The molecule has 0 aliphatic carbocycles. The van der Waals surface area contributed by atoms with E-state index in [-0.39, 0.29) is 19.1 Å². The van der Waals surface area contributed by atoms with Gasteiger partial charge in [0.2, 0.25) is 0 Å². The standard InChI is InChI=1S/C20H20ClN3O3/c21-14-5-3-6-15(11-14)27-13-20(26)9-4-10-24(12-20)19(25)18-16-7-1-2-8-17(16)22-23-18/h1-3,5-8,11,26H,4,9-10,12-13H2,(H,22,23). The molecule has 140 valence electrons. The Bertz CT molecular complexity index is 974. The van der Waals surface area contributed by atoms with Crippen LogP contribution in [0.5, 0.6) is 5.75 Å². The van der Waals surface area contributed by atoms with E-state index >= 15 is 0 Å². The molecule has 0 radical (unpaired) electrons. The number of fused-ring (bicyclic) bond motifs is 1. The summed E-state index contributed by atoms with van der Waals surface area (Å²) in [5.41, 5.74) is 0.0884. The molecule has 1 unspecified atom stereocenters. The molecule has 0 bridgehead atoms. The summed E-state index contributed by atoms with van der Waals surface area (Å²) in [5, 5.41) is 19.4. The molecule has 0 spiro atoms. The number of aromatic nitrogens is 2. The number of aliphatic hydroxyl groups is 1. The van der Waals surface area contributed by atoms with Gasteiger partial charge >= 0.3 is 0 Å². The smallest absolute Gasteiger partial charge is 0.275 e. The Morgan fingerprint density at radius 2 is 2.15 bits per heavy atom. The van der Waals surface area contributed by atoms with Gasteiger partial charge in [-0.3, -0.25) is 9.89 Å². The van der Waals surface area contributed by atoms with Crippen LogP contribution in [-0.2, 0) is 0 Å². The van der Waals surface area contributed by atoms with Gasteiger partial charge in [-0.25, -0.2) is 0 Å². The number of piperidine rings is 1. The molecule has 1 aromatic heterocycles. The van der Waals surface area contributed by atoms with Crippen molar-refractivity contribution in [2.75, 3.05) is 19.7 Å². The molecule has 1 aliphatic rings. The molecule has 1 fully saturated rings. The number of nitrogens with zero attached hydrogens (tertiary/aromatic N) is 2. The lowest BCUT2D eigenvalue weighted by molar-refractivity contribution is -0.0532. The molecule has 2 heterocycles. The zero-order chi connectivity index (χ0) is 18.9. The minimum absolute atomic E-state index is 0.0957. The summed E-state index contributed by atoms with van der Waals surface area (Å²) in [5.74, 6) is 0.408. The second kappa shape index (κ2) is 7.21. The van der Waals surface area contributed by atoms with Gasteiger partial charge in [0, 0.05) is 17.0 Å². The van der Waals surface area contributed by atoms with Crippen LogP contribution in [0.2, 0.25) is 5.02 Å². The van der Waals surface area contributed by atoms with Crippen LogP contribution in [0.3, 0.4) is 0 Å². The number of H-pyrrole nitrogens is 1. The number of amides is 1. The molecule has 4 rings (SSSR count). The first-order valence-electron chi connectivity index (χ1n) is 8.87. The van der Waals surface area contributed by atoms with Crippen molar-refractivity contribution < 1.29 is 14.6 Å². The lowest BCUT2D eigenvalue weighted by atomic mass is 9.93. The average Bonchev–Trinajstić information content (AvgIpc) is 3.10. The largest absolute Gasteiger partial charge is 0.490 e. The van der Waals surface area contributed by atoms with Crippen LogP contribution in [0, 0.1) is 0 Å². The SMILES string of the molecule is O=C(c1n[nH]c2ccccc12)N1CCCC(O)(COc2cccc(Cl)c2)C1. The van der Waals surface area contributed by atoms with Gasteiger partial charge in [-0.15, -0.1) is 0 Å². The summed E-state index contributed by atoms with van der Waals surface area (Å²) in [6, 6.07) is 14.6. The number of para-hydroxylation sites is 1. The van der Waals surface area contributed by atoms with E-state index in [0.717, 1.165) is 10.9 Å². The first-order valence-corrected chi connectivity index (χ1v) is 9.25. The predicted octanol–water partition coefficient (Wildman–Crippen LogP) is 3.26. The lowest BCUT2D eigenvalue weighted by Gasteiger charge is -2.38. The van der Waals surface area contributed by atoms with Crippen molar-refractivity contribution in [3.05, 3.63) is 59.2 Å². The van der Waals surface area contributed by atoms with E-state index in [1.807, 2.05) is 24.3 Å². The monoisotopic (exact) mass is 385 g/mol. The summed E-state index contributed by atoms with van der Waals surface area (Å²) in [7, 11) is 0. The number of benzene rings is 2. The molecule has 0 saturated carbocycles. The zero-order valence-corrected chi connectivity index (χ0v) is 15.4. The second-order valence-electron chi connectivity index (χ2n) is 6.92. The van der Waals surface area contributed by atoms with Gasteiger partial charge in [0.15, 0.2) is 5.69 Å². The maximum absolute atomic E-state index is 13.0. The number of rotatable bonds is 4. The van der Waals surface area contributed by atoms with Crippen molar-refractivity contribution in [3.63, 3.8) is 0 Å². The van der Waals surface area contributed by atoms with Gasteiger partial charge in [0.25, 0.3) is 5.91 Å². The van der Waals surface area contributed by atoms with E-state index in [1.165, 1.54) is 0 Å². The number of hydrogen-bond acceptors (Lipinski definition) is 4. The zero-order valence-electron chi connectivity index (χ0n) is 14.7. The molecule has 3 aromatic rings. The maximum atomic E-state index is 13.0. The van der Waals surface area contributed by atoms with Gasteiger partial charge in [0.05, 0.1) is 12.1 Å². The minimum atomic E-state index is -1.11. The molecule has 2 N–H and O–H groups in total. The van der Waals surface area contributed by atoms with Crippen LogP contribution >= 0.6 is 11.6 Å². The Morgan fingerprint density at radius 3 is 3.00 bits per heavy atom. The predicted molar refractivity (Wildman–Crippen MR) is 103 cm³/mol. The van der Waals surface area contributed by atoms with Crippen LogP contribution in [-0.4, -0.2) is 51.4 Å². The van der Waals surface area contributed by atoms with E-state index in [4.69, 9.17) is 16.3 Å². The summed E-state index contributed by atoms with van der Waals surface area (Å²) in [6.07, 6.45) is 1.27. The van der Waals surface area contributed by atoms with Crippen molar-refractivity contribution in [2.24, 2.45) is 0 Å². The summed E-state index contributed by atoms with van der Waals surface area (Å²) < 4.78 is 5.72. The van der Waals surface area contributed by atoms with Crippen molar-refractivity contribution in [1.82, 2.24) is 15.1 Å². The Kier molecular flexibility index (Phi) is 4.76. The fraction of sp³-hybridized carbons (Fsp3) is 0.300. The first kappa shape index (κ1) is 17.8. The van der Waals surface area contributed by atoms with Gasteiger partial charge < -0.3 is 14.7 Å². The van der Waals surface area contributed by atoms with E-state index in [0.29, 0.717) is 35.9 Å². The second-order valence-corrected chi connectivity index (χ2v) is 7.35. The Hall–Kier alpha value is -2.57. The van der Waals surface area contributed by atoms with E-state index < -0.39 is 5.60 Å². The Labute approximate surface area is 161 Å².